The zero-order valence-electron chi connectivity index (χ0n) is 30.9. The number of carbonyl (C=O) groups is 6. The van der Waals surface area contributed by atoms with E-state index in [1.807, 2.05) is 58.9 Å². The van der Waals surface area contributed by atoms with Crippen LogP contribution in [0.15, 0.2) is 53.8 Å². The van der Waals surface area contributed by atoms with Gasteiger partial charge < -0.3 is 36.2 Å². The molecule has 0 saturated carbocycles. The molecule has 1 saturated heterocycles. The minimum Gasteiger partial charge on any atom is -0.447 e. The number of hydrogen-bond donors (Lipinski definition) is 5. The summed E-state index contributed by atoms with van der Waals surface area (Å²) in [6.07, 6.45) is 11.4. The molecule has 0 radical (unpaired) electrons. The molecule has 280 valence electrons. The molecule has 3 aliphatic rings. The van der Waals surface area contributed by atoms with Gasteiger partial charge in [0.15, 0.2) is 0 Å². The highest BCUT2D eigenvalue weighted by Crippen LogP contribution is 2.33. The van der Waals surface area contributed by atoms with Crippen LogP contribution in [0.5, 0.6) is 0 Å². The standard InChI is InChI=1S/C38H56N6O7/c1-8-14-28(32(45)34(47)40-17-9-2)41-33(46)29-21-24(10-3)22-44(29)35(48)31(27-19-25-15-12-13-16-26(18-25)20-27)43-36(49)42-30(38(5,6)7)23-51-37(50)39-11-4/h9,12-13,15-16,24,27-31H,2,8,10-11,14,17,19-23H2,1,3-7H3,(H,39,50)(H,40,47)(H,41,46)(H2,42,43,49)/t24-,28?,29?,30?,31?/m1/s1. The first kappa shape index (κ1) is 40.8. The van der Waals surface area contributed by atoms with Gasteiger partial charge >= 0.3 is 12.1 Å². The number of alkyl carbamates (subject to hydrolysis) is 1. The number of ketones is 1. The van der Waals surface area contributed by atoms with E-state index in [2.05, 4.69) is 38.9 Å². The van der Waals surface area contributed by atoms with Crippen molar-refractivity contribution in [1.29, 1.82) is 0 Å². The molecule has 5 atom stereocenters. The molecule has 0 spiro atoms. The van der Waals surface area contributed by atoms with Crippen LogP contribution in [0.1, 0.15) is 80.1 Å². The number of rotatable bonds is 16. The molecular weight excluding hydrogens is 652 g/mol. The molecule has 1 aliphatic heterocycles. The number of allylic oxidation sites excluding steroid dienone is 5. The molecule has 4 unspecified atom stereocenters. The lowest BCUT2D eigenvalue weighted by Gasteiger charge is -2.36. The predicted octanol–water partition coefficient (Wildman–Crippen LogP) is 3.59. The van der Waals surface area contributed by atoms with Gasteiger partial charge in [-0.05, 0) is 61.0 Å². The number of hydrogen-bond acceptors (Lipinski definition) is 7. The molecule has 0 aromatic carbocycles. The fourth-order valence-electron chi connectivity index (χ4n) is 6.45. The number of likely N-dealkylation sites (tertiary alicyclic amines) is 1. The number of amides is 6. The summed E-state index contributed by atoms with van der Waals surface area (Å²) in [6.45, 7) is 15.6. The van der Waals surface area contributed by atoms with Crippen LogP contribution in [0, 0.1) is 17.3 Å². The lowest BCUT2D eigenvalue weighted by atomic mass is 9.82. The third kappa shape index (κ3) is 11.7. The van der Waals surface area contributed by atoms with Crippen molar-refractivity contribution in [3.63, 3.8) is 0 Å². The molecule has 2 bridgehead atoms. The predicted molar refractivity (Wildman–Crippen MR) is 194 cm³/mol. The highest BCUT2D eigenvalue weighted by molar-refractivity contribution is 6.38. The molecule has 3 rings (SSSR count). The van der Waals surface area contributed by atoms with Gasteiger partial charge in [-0.2, -0.15) is 0 Å². The van der Waals surface area contributed by atoms with E-state index in [0.29, 0.717) is 45.2 Å². The van der Waals surface area contributed by atoms with Gasteiger partial charge in [-0.3, -0.25) is 19.2 Å². The second-order valence-corrected chi connectivity index (χ2v) is 14.4. The van der Waals surface area contributed by atoms with Crippen molar-refractivity contribution in [2.75, 3.05) is 26.2 Å². The average molecular weight is 709 g/mol. The summed E-state index contributed by atoms with van der Waals surface area (Å²) in [5.74, 6) is -2.85. The van der Waals surface area contributed by atoms with E-state index in [-0.39, 0.29) is 31.4 Å². The van der Waals surface area contributed by atoms with Crippen LogP contribution in [-0.4, -0.2) is 90.9 Å². The summed E-state index contributed by atoms with van der Waals surface area (Å²) in [7, 11) is 0. The monoisotopic (exact) mass is 708 g/mol. The Hall–Kier alpha value is -4.64. The zero-order valence-corrected chi connectivity index (χ0v) is 30.9. The maximum atomic E-state index is 14.7. The van der Waals surface area contributed by atoms with E-state index in [4.69, 9.17) is 4.74 Å². The Bertz CT molecular complexity index is 1430. The smallest absolute Gasteiger partial charge is 0.407 e. The normalized spacial score (nSPS) is 20.1. The molecule has 0 aromatic rings. The quantitative estimate of drug-likeness (QED) is 0.0926. The Balaban J connectivity index is 1.90. The van der Waals surface area contributed by atoms with Crippen LogP contribution in [-0.2, 0) is 23.9 Å². The van der Waals surface area contributed by atoms with Crippen molar-refractivity contribution in [2.24, 2.45) is 17.3 Å². The van der Waals surface area contributed by atoms with Gasteiger partial charge in [0.2, 0.25) is 17.6 Å². The Morgan fingerprint density at radius 3 is 2.24 bits per heavy atom. The van der Waals surface area contributed by atoms with E-state index in [1.165, 1.54) is 11.0 Å². The van der Waals surface area contributed by atoms with E-state index in [9.17, 15) is 28.8 Å². The second kappa shape index (κ2) is 19.1. The first-order valence-corrected chi connectivity index (χ1v) is 18.1. The second-order valence-electron chi connectivity index (χ2n) is 14.4. The van der Waals surface area contributed by atoms with Crippen molar-refractivity contribution in [3.8, 4) is 0 Å². The van der Waals surface area contributed by atoms with Crippen LogP contribution >= 0.6 is 0 Å². The Kier molecular flexibility index (Phi) is 15.3. The van der Waals surface area contributed by atoms with Crippen molar-refractivity contribution in [3.05, 3.63) is 53.8 Å². The number of Topliss-reactive ketones (excluding diaryl/α,β-unsaturated/α-hetero) is 1. The summed E-state index contributed by atoms with van der Waals surface area (Å²) >= 11 is 0. The highest BCUT2D eigenvalue weighted by atomic mass is 16.5. The van der Waals surface area contributed by atoms with Crippen LogP contribution < -0.4 is 26.6 Å². The van der Waals surface area contributed by atoms with E-state index >= 15 is 0 Å². The number of ether oxygens (including phenoxy) is 1. The topological polar surface area (TPSA) is 175 Å². The zero-order chi connectivity index (χ0) is 37.7. The van der Waals surface area contributed by atoms with Gasteiger partial charge in [-0.1, -0.05) is 77.8 Å². The number of nitrogens with one attached hydrogen (secondary N) is 5. The molecular formula is C38H56N6O7. The third-order valence-corrected chi connectivity index (χ3v) is 9.46. The SMILES string of the molecule is C=CCNC(=O)C(=O)C(CCC)NC(=O)C1C[C@@H](CC)CN1C(=O)C(NC(=O)NC(COC(=O)NCC)C(C)(C)C)C1CC2=C=C(C=CC=C2)C1. The minimum absolute atomic E-state index is 0.0114. The summed E-state index contributed by atoms with van der Waals surface area (Å²) < 4.78 is 5.35. The minimum atomic E-state index is -1.06. The molecule has 1 fully saturated rings. The van der Waals surface area contributed by atoms with E-state index < -0.39 is 65.2 Å². The first-order valence-electron chi connectivity index (χ1n) is 18.1. The number of nitrogens with zero attached hydrogens (tertiary/aromatic N) is 1. The Labute approximate surface area is 301 Å². The van der Waals surface area contributed by atoms with Crippen LogP contribution in [0.4, 0.5) is 9.59 Å². The van der Waals surface area contributed by atoms with Crippen molar-refractivity contribution in [1.82, 2.24) is 31.5 Å². The van der Waals surface area contributed by atoms with Crippen molar-refractivity contribution < 1.29 is 33.5 Å². The molecule has 5 N–H and O–H groups in total. The van der Waals surface area contributed by atoms with Crippen molar-refractivity contribution in [2.45, 2.75) is 104 Å². The van der Waals surface area contributed by atoms with Gasteiger partial charge in [-0.25, -0.2) is 9.59 Å². The van der Waals surface area contributed by atoms with E-state index in [1.54, 1.807) is 6.92 Å². The molecule has 13 heteroatoms. The molecule has 51 heavy (non-hydrogen) atoms. The fourth-order valence-corrected chi connectivity index (χ4v) is 6.45. The molecule has 6 amide bonds. The summed E-state index contributed by atoms with van der Waals surface area (Å²) in [6, 6.07) is -4.19. The maximum absolute atomic E-state index is 14.7. The van der Waals surface area contributed by atoms with Crippen LogP contribution in [0.3, 0.4) is 0 Å². The molecule has 2 aliphatic carbocycles. The third-order valence-electron chi connectivity index (χ3n) is 9.46. The van der Waals surface area contributed by atoms with Crippen molar-refractivity contribution >= 4 is 35.6 Å². The molecule has 0 aromatic heterocycles. The average Bonchev–Trinajstić information content (AvgIpc) is 3.46. The molecule has 13 nitrogen and oxygen atoms in total. The van der Waals surface area contributed by atoms with Gasteiger partial charge in [0.1, 0.15) is 18.7 Å². The fraction of sp³-hybridized carbons (Fsp3) is 0.605. The molecule has 1 heterocycles. The van der Waals surface area contributed by atoms with Gasteiger partial charge in [0, 0.05) is 19.6 Å². The van der Waals surface area contributed by atoms with Crippen LogP contribution in [0.2, 0.25) is 0 Å². The first-order chi connectivity index (χ1) is 24.2. The van der Waals surface area contributed by atoms with Gasteiger partial charge in [0.05, 0.1) is 12.1 Å². The number of carbonyl (C=O) groups excluding carboxylic acids is 6. The summed E-state index contributed by atoms with van der Waals surface area (Å²) in [5.41, 5.74) is 4.67. The van der Waals surface area contributed by atoms with Crippen LogP contribution in [0.25, 0.3) is 0 Å². The Morgan fingerprint density at radius 1 is 1.00 bits per heavy atom. The number of urea groups is 1. The van der Waals surface area contributed by atoms with Gasteiger partial charge in [0.25, 0.3) is 5.91 Å². The largest absolute Gasteiger partial charge is 0.447 e. The lowest BCUT2D eigenvalue weighted by Crippen LogP contribution is -2.60. The lowest BCUT2D eigenvalue weighted by molar-refractivity contribution is -0.143. The Morgan fingerprint density at radius 2 is 1.67 bits per heavy atom. The van der Waals surface area contributed by atoms with E-state index in [0.717, 1.165) is 11.1 Å². The summed E-state index contributed by atoms with van der Waals surface area (Å²) in [4.78, 5) is 81.5. The highest BCUT2D eigenvalue weighted by Gasteiger charge is 2.45. The maximum Gasteiger partial charge on any atom is 0.407 e. The van der Waals surface area contributed by atoms with Gasteiger partial charge in [-0.15, -0.1) is 12.3 Å². The summed E-state index contributed by atoms with van der Waals surface area (Å²) in [5, 5.41) is 13.7.